The Morgan fingerprint density at radius 1 is 1.00 bits per heavy atom. The highest BCUT2D eigenvalue weighted by atomic mass is 32.2. The van der Waals surface area contributed by atoms with Gasteiger partial charge < -0.3 is 14.0 Å². The first-order chi connectivity index (χ1) is 13.3. The van der Waals surface area contributed by atoms with Crippen LogP contribution in [0, 0.1) is 0 Å². The summed E-state index contributed by atoms with van der Waals surface area (Å²) in [6, 6.07) is 0. The maximum absolute atomic E-state index is 12.0. The second-order valence-electron chi connectivity index (χ2n) is 5.66. The van der Waals surface area contributed by atoms with E-state index >= 15 is 0 Å². The minimum absolute atomic E-state index is 0.0182. The van der Waals surface area contributed by atoms with Crippen LogP contribution in [-0.2, 0) is 33.4 Å². The summed E-state index contributed by atoms with van der Waals surface area (Å²) in [5, 5.41) is 8.35. The molecule has 0 aromatic rings. The Hall–Kier alpha value is -2.11. The molecule has 0 saturated heterocycles. The van der Waals surface area contributed by atoms with Gasteiger partial charge in [0.1, 0.15) is 18.0 Å². The van der Waals surface area contributed by atoms with Crippen molar-refractivity contribution in [1.29, 1.82) is 0 Å². The highest BCUT2D eigenvalue weighted by molar-refractivity contribution is 7.87. The molecule has 0 aliphatic carbocycles. The lowest BCUT2D eigenvalue weighted by atomic mass is 10.1. The van der Waals surface area contributed by atoms with E-state index in [4.69, 9.17) is 5.11 Å². The molecule has 170 valence electrons. The van der Waals surface area contributed by atoms with Gasteiger partial charge >= 0.3 is 27.6 Å². The maximum atomic E-state index is 12.0. The topological polar surface area (TPSA) is 124 Å². The van der Waals surface area contributed by atoms with Gasteiger partial charge in [0.15, 0.2) is 0 Å². The van der Waals surface area contributed by atoms with Crippen LogP contribution in [0.2, 0.25) is 0 Å². The number of alkyl halides is 3. The number of aliphatic carboxylic acids is 1. The molecule has 0 rings (SSSR count). The van der Waals surface area contributed by atoms with E-state index in [1.54, 1.807) is 13.8 Å². The molecule has 0 aliphatic rings. The molecule has 0 heterocycles. The quantitative estimate of drug-likeness (QED) is 0.120. The smallest absolute Gasteiger partial charge is 0.478 e. The van der Waals surface area contributed by atoms with E-state index in [-0.39, 0.29) is 18.6 Å². The molecule has 29 heavy (non-hydrogen) atoms. The molecular formula is C17H27F3O8S. The van der Waals surface area contributed by atoms with E-state index in [0.717, 1.165) is 12.8 Å². The number of hydrogen-bond acceptors (Lipinski definition) is 7. The van der Waals surface area contributed by atoms with Gasteiger partial charge in [0, 0.05) is 12.8 Å². The number of rotatable bonds is 12. The third-order valence-corrected chi connectivity index (χ3v) is 4.02. The molecule has 0 spiro atoms. The number of ketones is 1. The van der Waals surface area contributed by atoms with Gasteiger partial charge in [-0.2, -0.15) is 21.6 Å². The summed E-state index contributed by atoms with van der Waals surface area (Å²) in [5.74, 6) is -2.74. The van der Waals surface area contributed by atoms with E-state index in [1.807, 2.05) is 6.92 Å². The number of Topliss-reactive ketones (excluding diaryl/α,β-unsaturated/α-hetero) is 1. The second kappa shape index (κ2) is 14.8. The number of halogens is 3. The maximum Gasteiger partial charge on any atom is 0.534 e. The van der Waals surface area contributed by atoms with Gasteiger partial charge in [0.05, 0.1) is 12.7 Å². The number of hydrogen-bond donors (Lipinski definition) is 1. The predicted octanol–water partition coefficient (Wildman–Crippen LogP) is 3.71. The number of ether oxygens (including phenoxy) is 1. The summed E-state index contributed by atoms with van der Waals surface area (Å²) in [5.41, 5.74) is -5.57. The minimum Gasteiger partial charge on any atom is -0.478 e. The van der Waals surface area contributed by atoms with Gasteiger partial charge in [0.2, 0.25) is 0 Å². The van der Waals surface area contributed by atoms with E-state index in [0.29, 0.717) is 31.9 Å². The largest absolute Gasteiger partial charge is 0.534 e. The minimum atomic E-state index is -5.80. The van der Waals surface area contributed by atoms with Crippen molar-refractivity contribution in [3.8, 4) is 0 Å². The number of esters is 1. The van der Waals surface area contributed by atoms with Crippen molar-refractivity contribution in [2.24, 2.45) is 0 Å². The molecule has 0 aromatic heterocycles. The Bertz CT molecular complexity index is 654. The van der Waals surface area contributed by atoms with Crippen molar-refractivity contribution >= 4 is 27.8 Å². The first kappa shape index (κ1) is 29.1. The first-order valence-electron chi connectivity index (χ1n) is 8.92. The van der Waals surface area contributed by atoms with Crippen LogP contribution in [0.15, 0.2) is 11.8 Å². The van der Waals surface area contributed by atoms with Gasteiger partial charge in [0.25, 0.3) is 0 Å². The Kier molecular flexibility index (Phi) is 14.9. The van der Waals surface area contributed by atoms with Crippen molar-refractivity contribution in [3.05, 3.63) is 11.8 Å². The van der Waals surface area contributed by atoms with Crippen LogP contribution in [0.1, 0.15) is 65.7 Å². The molecule has 0 fully saturated rings. The number of carbonyl (C=O) groups is 3. The SMILES string of the molecule is CCCCC(=CC(=O)O)OS(=O)(=O)C(F)(F)F.CCCCC(=O)CC(=O)OCC. The highest BCUT2D eigenvalue weighted by Gasteiger charge is 2.48. The molecule has 0 amide bonds. The van der Waals surface area contributed by atoms with E-state index < -0.39 is 33.3 Å². The number of carbonyl (C=O) groups excluding carboxylic acids is 2. The summed E-state index contributed by atoms with van der Waals surface area (Å²) >= 11 is 0. The van der Waals surface area contributed by atoms with Crippen molar-refractivity contribution in [2.75, 3.05) is 6.61 Å². The van der Waals surface area contributed by atoms with Crippen LogP contribution in [-0.4, -0.2) is 43.4 Å². The van der Waals surface area contributed by atoms with Crippen molar-refractivity contribution in [2.45, 2.75) is 71.2 Å². The average molecular weight is 448 g/mol. The molecular weight excluding hydrogens is 421 g/mol. The fourth-order valence-corrected chi connectivity index (χ4v) is 2.16. The molecule has 0 unspecified atom stereocenters. The van der Waals surface area contributed by atoms with Crippen molar-refractivity contribution in [3.63, 3.8) is 0 Å². The van der Waals surface area contributed by atoms with Gasteiger partial charge in [-0.1, -0.05) is 26.7 Å². The molecule has 0 bridgehead atoms. The van der Waals surface area contributed by atoms with Crippen molar-refractivity contribution < 1.29 is 50.0 Å². The third kappa shape index (κ3) is 15.5. The molecule has 12 heteroatoms. The molecule has 0 atom stereocenters. The van der Waals surface area contributed by atoms with Crippen LogP contribution < -0.4 is 0 Å². The molecule has 1 N–H and O–H groups in total. The zero-order valence-corrected chi connectivity index (χ0v) is 17.4. The molecule has 0 radical (unpaired) electrons. The molecule has 8 nitrogen and oxygen atoms in total. The van der Waals surface area contributed by atoms with Crippen LogP contribution in [0.5, 0.6) is 0 Å². The van der Waals surface area contributed by atoms with Crippen LogP contribution in [0.25, 0.3) is 0 Å². The van der Waals surface area contributed by atoms with Gasteiger partial charge in [-0.3, -0.25) is 9.59 Å². The Morgan fingerprint density at radius 3 is 1.93 bits per heavy atom. The predicted molar refractivity (Wildman–Crippen MR) is 97.1 cm³/mol. The number of carboxylic acid groups (broad SMARTS) is 1. The molecule has 0 aromatic carbocycles. The lowest BCUT2D eigenvalue weighted by Crippen LogP contribution is -2.25. The first-order valence-corrected chi connectivity index (χ1v) is 10.3. The summed E-state index contributed by atoms with van der Waals surface area (Å²) in [7, 11) is -5.80. The highest BCUT2D eigenvalue weighted by Crippen LogP contribution is 2.27. The zero-order chi connectivity index (χ0) is 23.1. The van der Waals surface area contributed by atoms with Gasteiger partial charge in [-0.05, 0) is 19.8 Å². The van der Waals surface area contributed by atoms with Gasteiger partial charge in [-0.15, -0.1) is 0 Å². The summed E-state index contributed by atoms with van der Waals surface area (Å²) in [6.45, 7) is 5.79. The average Bonchev–Trinajstić information content (AvgIpc) is 2.56. The molecule has 0 aliphatic heterocycles. The third-order valence-electron chi connectivity index (χ3n) is 3.02. The van der Waals surface area contributed by atoms with Gasteiger partial charge in [-0.25, -0.2) is 4.79 Å². The normalized spacial score (nSPS) is 11.9. The number of carboxylic acids is 1. The fraction of sp³-hybridized carbons (Fsp3) is 0.706. The van der Waals surface area contributed by atoms with E-state index in [2.05, 4.69) is 8.92 Å². The Labute approximate surface area is 168 Å². The summed E-state index contributed by atoms with van der Waals surface area (Å²) in [4.78, 5) is 32.0. The Morgan fingerprint density at radius 2 is 1.52 bits per heavy atom. The lowest BCUT2D eigenvalue weighted by molar-refractivity contribution is -0.145. The Balaban J connectivity index is 0. The summed E-state index contributed by atoms with van der Waals surface area (Å²) < 4.78 is 65.5. The lowest BCUT2D eigenvalue weighted by Gasteiger charge is -2.11. The number of allylic oxidation sites excluding steroid dienone is 1. The van der Waals surface area contributed by atoms with Crippen LogP contribution in [0.3, 0.4) is 0 Å². The zero-order valence-electron chi connectivity index (χ0n) is 16.6. The fourth-order valence-electron chi connectivity index (χ4n) is 1.65. The summed E-state index contributed by atoms with van der Waals surface area (Å²) in [6.07, 6.45) is 3.24. The number of unbranched alkanes of at least 4 members (excludes halogenated alkanes) is 2. The van der Waals surface area contributed by atoms with E-state index in [1.165, 1.54) is 0 Å². The van der Waals surface area contributed by atoms with E-state index in [9.17, 15) is 36.0 Å². The van der Waals surface area contributed by atoms with Crippen LogP contribution >= 0.6 is 0 Å². The standard InChI is InChI=1S/C9H16O3.C8H11F3O5S/c1-3-5-6-8(10)7-9(11)12-4-2;1-2-3-4-6(5-7(12)13)16-17(14,15)8(9,10)11/h3-7H2,1-2H3;5H,2-4H2,1H3,(H,12,13). The van der Waals surface area contributed by atoms with Crippen LogP contribution in [0.4, 0.5) is 13.2 Å². The van der Waals surface area contributed by atoms with Crippen molar-refractivity contribution in [1.82, 2.24) is 0 Å². The molecule has 0 saturated carbocycles. The second-order valence-corrected chi connectivity index (χ2v) is 7.20. The monoisotopic (exact) mass is 448 g/mol.